The first-order valence-electron chi connectivity index (χ1n) is 4.44. The second-order valence-corrected chi connectivity index (χ2v) is 3.01. The molecule has 0 aliphatic carbocycles. The van der Waals surface area contributed by atoms with Gasteiger partial charge in [-0.25, -0.2) is 4.39 Å². The van der Waals surface area contributed by atoms with E-state index in [1.807, 2.05) is 0 Å². The molecule has 0 bridgehead atoms. The van der Waals surface area contributed by atoms with Crippen molar-refractivity contribution in [2.45, 2.75) is 13.0 Å². The quantitative estimate of drug-likeness (QED) is 0.766. The normalized spacial score (nSPS) is 12.6. The van der Waals surface area contributed by atoms with Gasteiger partial charge in [-0.05, 0) is 19.1 Å². The molecule has 1 rings (SSSR count). The molecule has 3 N–H and O–H groups in total. The number of aliphatic hydroxyl groups excluding tert-OH is 1. The summed E-state index contributed by atoms with van der Waals surface area (Å²) in [5, 5.41) is 8.58. The van der Waals surface area contributed by atoms with E-state index in [4.69, 9.17) is 15.6 Å². The largest absolute Gasteiger partial charge is 0.491 e. The van der Waals surface area contributed by atoms with Crippen LogP contribution in [-0.4, -0.2) is 18.3 Å². The molecule has 0 fully saturated rings. The van der Waals surface area contributed by atoms with Crippen LogP contribution in [0.1, 0.15) is 18.5 Å². The number of hydrogen-bond acceptors (Lipinski definition) is 3. The molecule has 0 radical (unpaired) electrons. The smallest absolute Gasteiger partial charge is 0.131 e. The lowest BCUT2D eigenvalue weighted by Crippen LogP contribution is -2.11. The number of nitrogens with two attached hydrogens (primary N) is 1. The maximum atomic E-state index is 13.3. The number of benzene rings is 1. The van der Waals surface area contributed by atoms with Gasteiger partial charge in [-0.1, -0.05) is 6.07 Å². The van der Waals surface area contributed by atoms with Crippen LogP contribution in [-0.2, 0) is 0 Å². The minimum absolute atomic E-state index is 0.102. The zero-order valence-electron chi connectivity index (χ0n) is 8.03. The number of aliphatic hydroxyl groups is 1. The Kier molecular flexibility index (Phi) is 3.85. The Bertz CT molecular complexity index is 302. The van der Waals surface area contributed by atoms with Crippen LogP contribution in [0.15, 0.2) is 18.2 Å². The van der Waals surface area contributed by atoms with Crippen LogP contribution in [0, 0.1) is 5.82 Å². The molecule has 0 amide bonds. The Hall–Kier alpha value is -1.13. The minimum Gasteiger partial charge on any atom is -0.491 e. The highest BCUT2D eigenvalue weighted by Gasteiger charge is 2.12. The molecule has 0 saturated carbocycles. The van der Waals surface area contributed by atoms with Gasteiger partial charge in [0.25, 0.3) is 0 Å². The van der Waals surface area contributed by atoms with E-state index in [1.165, 1.54) is 6.07 Å². The number of hydrogen-bond donors (Lipinski definition) is 2. The van der Waals surface area contributed by atoms with Gasteiger partial charge in [-0.3, -0.25) is 0 Å². The lowest BCUT2D eigenvalue weighted by Gasteiger charge is -2.13. The Morgan fingerprint density at radius 2 is 2.29 bits per heavy atom. The van der Waals surface area contributed by atoms with E-state index in [2.05, 4.69) is 0 Å². The summed E-state index contributed by atoms with van der Waals surface area (Å²) in [7, 11) is 0. The van der Waals surface area contributed by atoms with Gasteiger partial charge >= 0.3 is 0 Å². The maximum Gasteiger partial charge on any atom is 0.131 e. The highest BCUT2D eigenvalue weighted by atomic mass is 19.1. The van der Waals surface area contributed by atoms with Gasteiger partial charge in [-0.2, -0.15) is 0 Å². The zero-order chi connectivity index (χ0) is 10.6. The Morgan fingerprint density at radius 1 is 1.57 bits per heavy atom. The number of halogens is 1. The average molecular weight is 199 g/mol. The Labute approximate surface area is 82.3 Å². The van der Waals surface area contributed by atoms with Crippen molar-refractivity contribution in [3.8, 4) is 5.75 Å². The van der Waals surface area contributed by atoms with Crippen molar-refractivity contribution in [3.05, 3.63) is 29.6 Å². The van der Waals surface area contributed by atoms with Crippen molar-refractivity contribution in [1.29, 1.82) is 0 Å². The van der Waals surface area contributed by atoms with Crippen molar-refractivity contribution in [1.82, 2.24) is 0 Å². The molecule has 14 heavy (non-hydrogen) atoms. The van der Waals surface area contributed by atoms with E-state index in [0.717, 1.165) is 0 Å². The van der Waals surface area contributed by atoms with Crippen molar-refractivity contribution in [2.75, 3.05) is 13.2 Å². The standard InChI is InChI=1S/C10H14FNO2/c1-7(12)10-8(11)3-2-4-9(10)14-6-5-13/h2-4,7,13H,5-6,12H2,1H3/t7-/m1/s1. The molecule has 78 valence electrons. The van der Waals surface area contributed by atoms with Gasteiger partial charge in [0.05, 0.1) is 6.61 Å². The highest BCUT2D eigenvalue weighted by molar-refractivity contribution is 5.36. The molecule has 1 aromatic rings. The molecule has 1 aromatic carbocycles. The molecule has 0 unspecified atom stereocenters. The topological polar surface area (TPSA) is 55.5 Å². The van der Waals surface area contributed by atoms with E-state index in [-0.39, 0.29) is 19.0 Å². The van der Waals surface area contributed by atoms with Crippen LogP contribution >= 0.6 is 0 Å². The van der Waals surface area contributed by atoms with Crippen LogP contribution in [0.5, 0.6) is 5.75 Å². The van der Waals surface area contributed by atoms with E-state index < -0.39 is 6.04 Å². The number of rotatable bonds is 4. The summed E-state index contributed by atoms with van der Waals surface area (Å²) in [4.78, 5) is 0. The minimum atomic E-state index is -0.426. The predicted octanol–water partition coefficient (Wildman–Crippen LogP) is 1.22. The summed E-state index contributed by atoms with van der Waals surface area (Å²) in [6.45, 7) is 1.72. The molecule has 0 saturated heterocycles. The Morgan fingerprint density at radius 3 is 2.86 bits per heavy atom. The molecule has 0 aliphatic heterocycles. The monoisotopic (exact) mass is 199 g/mol. The van der Waals surface area contributed by atoms with Gasteiger partial charge in [0.15, 0.2) is 0 Å². The zero-order valence-corrected chi connectivity index (χ0v) is 8.03. The predicted molar refractivity (Wildman–Crippen MR) is 51.6 cm³/mol. The second kappa shape index (κ2) is 4.93. The number of ether oxygens (including phenoxy) is 1. The molecule has 0 aromatic heterocycles. The van der Waals surface area contributed by atoms with Crippen molar-refractivity contribution >= 4 is 0 Å². The lowest BCUT2D eigenvalue weighted by molar-refractivity contribution is 0.199. The average Bonchev–Trinajstić information content (AvgIpc) is 2.14. The molecule has 3 nitrogen and oxygen atoms in total. The third-order valence-electron chi connectivity index (χ3n) is 1.82. The lowest BCUT2D eigenvalue weighted by atomic mass is 10.1. The fraction of sp³-hybridized carbons (Fsp3) is 0.400. The summed E-state index contributed by atoms with van der Waals surface area (Å²) in [5.74, 6) is 0.0180. The Balaban J connectivity index is 2.96. The van der Waals surface area contributed by atoms with Gasteiger partial charge in [0.2, 0.25) is 0 Å². The fourth-order valence-corrected chi connectivity index (χ4v) is 1.24. The summed E-state index contributed by atoms with van der Waals surface area (Å²) in [5.41, 5.74) is 5.95. The van der Waals surface area contributed by atoms with Crippen LogP contribution in [0.4, 0.5) is 4.39 Å². The molecular weight excluding hydrogens is 185 g/mol. The molecule has 0 heterocycles. The second-order valence-electron chi connectivity index (χ2n) is 3.01. The van der Waals surface area contributed by atoms with Gasteiger partial charge in [-0.15, -0.1) is 0 Å². The fourth-order valence-electron chi connectivity index (χ4n) is 1.24. The van der Waals surface area contributed by atoms with Crippen LogP contribution in [0.25, 0.3) is 0 Å². The van der Waals surface area contributed by atoms with Crippen molar-refractivity contribution in [2.24, 2.45) is 5.73 Å². The highest BCUT2D eigenvalue weighted by Crippen LogP contribution is 2.26. The summed E-state index contributed by atoms with van der Waals surface area (Å²) in [6, 6.07) is 4.10. The SMILES string of the molecule is C[C@@H](N)c1c(F)cccc1OCCO. The van der Waals surface area contributed by atoms with Crippen molar-refractivity contribution < 1.29 is 14.2 Å². The van der Waals surface area contributed by atoms with Gasteiger partial charge < -0.3 is 15.6 Å². The van der Waals surface area contributed by atoms with Gasteiger partial charge in [0, 0.05) is 11.6 Å². The molecular formula is C10H14FNO2. The first-order chi connectivity index (χ1) is 6.66. The van der Waals surface area contributed by atoms with E-state index in [9.17, 15) is 4.39 Å². The first kappa shape index (κ1) is 10.9. The van der Waals surface area contributed by atoms with Crippen LogP contribution < -0.4 is 10.5 Å². The maximum absolute atomic E-state index is 13.3. The van der Waals surface area contributed by atoms with Crippen molar-refractivity contribution in [3.63, 3.8) is 0 Å². The third kappa shape index (κ3) is 2.43. The van der Waals surface area contributed by atoms with E-state index in [0.29, 0.717) is 11.3 Å². The first-order valence-corrected chi connectivity index (χ1v) is 4.44. The molecule has 0 aliphatic rings. The molecule has 4 heteroatoms. The summed E-state index contributed by atoms with van der Waals surface area (Å²) in [6.07, 6.45) is 0. The molecule has 0 spiro atoms. The molecule has 1 atom stereocenters. The third-order valence-corrected chi connectivity index (χ3v) is 1.82. The van der Waals surface area contributed by atoms with Crippen LogP contribution in [0.2, 0.25) is 0 Å². The van der Waals surface area contributed by atoms with Crippen LogP contribution in [0.3, 0.4) is 0 Å². The van der Waals surface area contributed by atoms with E-state index >= 15 is 0 Å². The van der Waals surface area contributed by atoms with Gasteiger partial charge in [0.1, 0.15) is 18.2 Å². The van der Waals surface area contributed by atoms with E-state index in [1.54, 1.807) is 19.1 Å². The summed E-state index contributed by atoms with van der Waals surface area (Å²) < 4.78 is 18.5. The summed E-state index contributed by atoms with van der Waals surface area (Å²) >= 11 is 0.